The number of hydrogen-bond acceptors (Lipinski definition) is 3. The van der Waals surface area contributed by atoms with Gasteiger partial charge in [0, 0.05) is 18.9 Å². The van der Waals surface area contributed by atoms with E-state index in [-0.39, 0.29) is 9.76 Å². The minimum atomic E-state index is -0.339. The fraction of sp³-hybridized carbons (Fsp3) is 1.00. The van der Waals surface area contributed by atoms with Crippen LogP contribution in [0.1, 0.15) is 0 Å². The van der Waals surface area contributed by atoms with Gasteiger partial charge in [-0.15, -0.1) is 0 Å². The smallest absolute Gasteiger partial charge is 0.164 e. The van der Waals surface area contributed by atoms with E-state index in [1.165, 1.54) is 0 Å². The van der Waals surface area contributed by atoms with Gasteiger partial charge in [-0.1, -0.05) is 0 Å². The maximum Gasteiger partial charge on any atom is 0.164 e. The Labute approximate surface area is 75.3 Å². The molecule has 0 aromatic heterocycles. The zero-order valence-electron chi connectivity index (χ0n) is 7.49. The van der Waals surface area contributed by atoms with Crippen LogP contribution in [0, 0.1) is 11.8 Å². The van der Waals surface area contributed by atoms with Crippen LogP contribution in [0.25, 0.3) is 0 Å². The average molecular weight is 188 g/mol. The fourth-order valence-corrected chi connectivity index (χ4v) is 3.33. The maximum atomic E-state index is 5.35. The van der Waals surface area contributed by atoms with E-state index in [0.29, 0.717) is 0 Å². The Morgan fingerprint density at radius 3 is 1.92 bits per heavy atom. The van der Waals surface area contributed by atoms with E-state index in [4.69, 9.17) is 13.9 Å². The van der Waals surface area contributed by atoms with Crippen molar-refractivity contribution < 1.29 is 13.9 Å². The summed E-state index contributed by atoms with van der Waals surface area (Å²) >= 11 is 0. The van der Waals surface area contributed by atoms with Crippen LogP contribution in [0.2, 0.25) is 5.54 Å². The van der Waals surface area contributed by atoms with Gasteiger partial charge in [-0.05, 0) is 5.54 Å². The van der Waals surface area contributed by atoms with Gasteiger partial charge < -0.3 is 13.9 Å². The normalized spacial score (nSPS) is 26.5. The Hall–Kier alpha value is 0.0969. The van der Waals surface area contributed by atoms with Gasteiger partial charge in [-0.25, -0.2) is 0 Å². The second kappa shape index (κ2) is 3.87. The zero-order valence-corrected chi connectivity index (χ0v) is 8.91. The molecular formula is C8H16O3Si. The van der Waals surface area contributed by atoms with E-state index in [9.17, 15) is 0 Å². The monoisotopic (exact) mass is 188 g/mol. The van der Waals surface area contributed by atoms with Crippen molar-refractivity contribution in [3.63, 3.8) is 0 Å². The van der Waals surface area contributed by atoms with Gasteiger partial charge in [0.1, 0.15) is 0 Å². The van der Waals surface area contributed by atoms with Crippen molar-refractivity contribution in [1.82, 2.24) is 0 Å². The van der Waals surface area contributed by atoms with Crippen LogP contribution >= 0.6 is 0 Å². The molecule has 2 heterocycles. The minimum absolute atomic E-state index is 0.339. The molecule has 0 atom stereocenters. The molecule has 2 aliphatic rings. The lowest BCUT2D eigenvalue weighted by Gasteiger charge is -2.41. The third kappa shape index (κ3) is 1.57. The second-order valence-electron chi connectivity index (χ2n) is 3.71. The Morgan fingerprint density at radius 2 is 1.67 bits per heavy atom. The van der Waals surface area contributed by atoms with Crippen LogP contribution in [-0.4, -0.2) is 43.3 Å². The Bertz CT molecular complexity index is 131. The molecule has 12 heavy (non-hydrogen) atoms. The van der Waals surface area contributed by atoms with Crippen LogP contribution in [-0.2, 0) is 13.9 Å². The van der Waals surface area contributed by atoms with E-state index in [0.717, 1.165) is 43.8 Å². The first-order chi connectivity index (χ1) is 5.92. The zero-order chi connectivity index (χ0) is 8.39. The van der Waals surface area contributed by atoms with Gasteiger partial charge in [0.2, 0.25) is 0 Å². The van der Waals surface area contributed by atoms with Crippen LogP contribution in [0.5, 0.6) is 0 Å². The molecule has 0 spiro atoms. The number of rotatable bonds is 4. The van der Waals surface area contributed by atoms with Gasteiger partial charge in [0.05, 0.1) is 26.4 Å². The first-order valence-corrected chi connectivity index (χ1v) is 5.95. The van der Waals surface area contributed by atoms with Crippen molar-refractivity contribution in [2.45, 2.75) is 5.54 Å². The Kier molecular flexibility index (Phi) is 2.80. The van der Waals surface area contributed by atoms with Crippen LogP contribution in [0.4, 0.5) is 0 Å². The van der Waals surface area contributed by atoms with Crippen molar-refractivity contribution in [2.75, 3.05) is 33.5 Å². The van der Waals surface area contributed by atoms with Crippen molar-refractivity contribution in [3.05, 3.63) is 0 Å². The molecule has 0 aliphatic carbocycles. The highest BCUT2D eigenvalue weighted by Crippen LogP contribution is 2.35. The summed E-state index contributed by atoms with van der Waals surface area (Å²) in [5.41, 5.74) is 0.803. The lowest BCUT2D eigenvalue weighted by atomic mass is 9.91. The second-order valence-corrected chi connectivity index (χ2v) is 5.57. The summed E-state index contributed by atoms with van der Waals surface area (Å²) < 4.78 is 15.8. The summed E-state index contributed by atoms with van der Waals surface area (Å²) in [6, 6.07) is 0. The number of ether oxygens (including phenoxy) is 2. The summed E-state index contributed by atoms with van der Waals surface area (Å²) in [4.78, 5) is 0. The highest BCUT2D eigenvalue weighted by atomic mass is 28.2. The summed E-state index contributed by atoms with van der Waals surface area (Å²) in [5.74, 6) is 1.57. The molecule has 0 N–H and O–H groups in total. The highest BCUT2D eigenvalue weighted by Gasteiger charge is 2.37. The molecule has 2 fully saturated rings. The molecule has 4 heteroatoms. The first kappa shape index (κ1) is 8.68. The largest absolute Gasteiger partial charge is 0.427 e. The molecule has 0 unspecified atom stereocenters. The molecule has 0 aromatic carbocycles. The fourth-order valence-electron chi connectivity index (χ4n) is 1.85. The molecular weight excluding hydrogens is 172 g/mol. The molecule has 3 nitrogen and oxygen atoms in total. The lowest BCUT2D eigenvalue weighted by Crippen LogP contribution is -2.44. The summed E-state index contributed by atoms with van der Waals surface area (Å²) in [6.07, 6.45) is 0. The topological polar surface area (TPSA) is 27.7 Å². The lowest BCUT2D eigenvalue weighted by molar-refractivity contribution is -0.0907. The van der Waals surface area contributed by atoms with Crippen molar-refractivity contribution in [2.24, 2.45) is 11.8 Å². The standard InChI is InChI=1S/C8H16O3Si/c1-9-12-8(6-2-10-3-6)7-4-11-5-7/h6-8H,2-5,12H2,1H3. The molecule has 2 aliphatic heterocycles. The predicted molar refractivity (Wildman–Crippen MR) is 47.9 cm³/mol. The van der Waals surface area contributed by atoms with Crippen LogP contribution < -0.4 is 0 Å². The summed E-state index contributed by atoms with van der Waals surface area (Å²) in [6.45, 7) is 3.82. The van der Waals surface area contributed by atoms with Crippen molar-refractivity contribution in [3.8, 4) is 0 Å². The predicted octanol–water partition coefficient (Wildman–Crippen LogP) is -0.202. The quantitative estimate of drug-likeness (QED) is 0.572. The minimum Gasteiger partial charge on any atom is -0.427 e. The molecule has 2 saturated heterocycles. The van der Waals surface area contributed by atoms with E-state index >= 15 is 0 Å². The Morgan fingerprint density at radius 1 is 1.17 bits per heavy atom. The Balaban J connectivity index is 1.82. The van der Waals surface area contributed by atoms with Gasteiger partial charge in [-0.2, -0.15) is 0 Å². The maximum absolute atomic E-state index is 5.35. The third-order valence-corrected chi connectivity index (χ3v) is 4.95. The highest BCUT2D eigenvalue weighted by molar-refractivity contribution is 6.29. The molecule has 0 saturated carbocycles. The van der Waals surface area contributed by atoms with Gasteiger partial charge in [0.25, 0.3) is 0 Å². The van der Waals surface area contributed by atoms with Gasteiger partial charge in [0.15, 0.2) is 9.76 Å². The average Bonchev–Trinajstić information content (AvgIpc) is 1.79. The molecule has 2 rings (SSSR count). The number of hydrogen-bond donors (Lipinski definition) is 0. The van der Waals surface area contributed by atoms with Crippen LogP contribution in [0.3, 0.4) is 0 Å². The van der Waals surface area contributed by atoms with Crippen molar-refractivity contribution in [1.29, 1.82) is 0 Å². The van der Waals surface area contributed by atoms with Crippen LogP contribution in [0.15, 0.2) is 0 Å². The third-order valence-electron chi connectivity index (χ3n) is 2.90. The van der Waals surface area contributed by atoms with E-state index in [1.807, 2.05) is 7.11 Å². The molecule has 0 radical (unpaired) electrons. The van der Waals surface area contributed by atoms with Crippen molar-refractivity contribution >= 4 is 9.76 Å². The van der Waals surface area contributed by atoms with Gasteiger partial charge in [-0.3, -0.25) is 0 Å². The van der Waals surface area contributed by atoms with Gasteiger partial charge >= 0.3 is 0 Å². The summed E-state index contributed by atoms with van der Waals surface area (Å²) in [5, 5.41) is 0. The van der Waals surface area contributed by atoms with E-state index in [2.05, 4.69) is 0 Å². The van der Waals surface area contributed by atoms with E-state index in [1.54, 1.807) is 0 Å². The first-order valence-electron chi connectivity index (χ1n) is 4.56. The molecule has 0 aromatic rings. The SMILES string of the molecule is CO[SiH2]C(C1COC1)C1COC1. The molecule has 0 bridgehead atoms. The molecule has 70 valence electrons. The van der Waals surface area contributed by atoms with E-state index < -0.39 is 0 Å². The summed E-state index contributed by atoms with van der Waals surface area (Å²) in [7, 11) is 1.49. The molecule has 0 amide bonds.